The maximum absolute atomic E-state index is 13.2. The van der Waals surface area contributed by atoms with Crippen molar-refractivity contribution < 1.29 is 22.6 Å². The Labute approximate surface area is 172 Å². The van der Waals surface area contributed by atoms with Crippen LogP contribution in [0, 0.1) is 11.3 Å². The summed E-state index contributed by atoms with van der Waals surface area (Å²) >= 11 is 0. The van der Waals surface area contributed by atoms with Crippen molar-refractivity contribution in [1.82, 2.24) is 9.55 Å². The van der Waals surface area contributed by atoms with E-state index in [0.29, 0.717) is 44.9 Å². The topological polar surface area (TPSA) is 72.1 Å². The van der Waals surface area contributed by atoms with Gasteiger partial charge in [-0.2, -0.15) is 18.4 Å². The number of halogens is 3. The molecule has 160 valence electrons. The molecule has 1 aliphatic carbocycles. The summed E-state index contributed by atoms with van der Waals surface area (Å²) in [6.07, 6.45) is 2.38. The van der Waals surface area contributed by atoms with Crippen LogP contribution in [0.3, 0.4) is 0 Å². The molecule has 1 N–H and O–H groups in total. The SMILES string of the molecule is COCCOCCn1cncc1C1=CCC(Nc2ccc(C#N)c(C(F)(F)F)c2)C1. The van der Waals surface area contributed by atoms with Crippen LogP contribution in [0.2, 0.25) is 0 Å². The highest BCUT2D eigenvalue weighted by molar-refractivity contribution is 5.67. The third-order valence-corrected chi connectivity index (χ3v) is 4.88. The van der Waals surface area contributed by atoms with Gasteiger partial charge in [0.2, 0.25) is 0 Å². The van der Waals surface area contributed by atoms with Crippen molar-refractivity contribution >= 4 is 11.3 Å². The first-order valence-electron chi connectivity index (χ1n) is 9.56. The maximum atomic E-state index is 13.2. The van der Waals surface area contributed by atoms with E-state index in [2.05, 4.69) is 16.4 Å². The van der Waals surface area contributed by atoms with Gasteiger partial charge >= 0.3 is 6.18 Å². The third kappa shape index (κ3) is 5.40. The van der Waals surface area contributed by atoms with Crippen molar-refractivity contribution in [3.05, 3.63) is 53.6 Å². The molecule has 1 aromatic heterocycles. The molecule has 0 amide bonds. The molecule has 1 aromatic carbocycles. The average molecular weight is 420 g/mol. The van der Waals surface area contributed by atoms with Crippen molar-refractivity contribution in [1.29, 1.82) is 5.26 Å². The van der Waals surface area contributed by atoms with E-state index in [9.17, 15) is 13.2 Å². The predicted molar refractivity (Wildman–Crippen MR) is 106 cm³/mol. The minimum absolute atomic E-state index is 0.0321. The molecule has 30 heavy (non-hydrogen) atoms. The van der Waals surface area contributed by atoms with Crippen molar-refractivity contribution in [2.75, 3.05) is 32.2 Å². The molecule has 1 unspecified atom stereocenters. The Morgan fingerprint density at radius 3 is 2.87 bits per heavy atom. The zero-order valence-corrected chi connectivity index (χ0v) is 16.6. The number of rotatable bonds is 9. The Morgan fingerprint density at radius 2 is 2.13 bits per heavy atom. The number of anilines is 1. The lowest BCUT2D eigenvalue weighted by Gasteiger charge is -2.17. The summed E-state index contributed by atoms with van der Waals surface area (Å²) < 4.78 is 52.0. The molecule has 0 radical (unpaired) electrons. The highest BCUT2D eigenvalue weighted by atomic mass is 19.4. The lowest BCUT2D eigenvalue weighted by Crippen LogP contribution is -2.17. The number of hydrogen-bond acceptors (Lipinski definition) is 5. The van der Waals surface area contributed by atoms with Gasteiger partial charge < -0.3 is 19.4 Å². The highest BCUT2D eigenvalue weighted by Gasteiger charge is 2.34. The zero-order valence-electron chi connectivity index (χ0n) is 16.6. The summed E-state index contributed by atoms with van der Waals surface area (Å²) in [6.45, 7) is 2.26. The monoisotopic (exact) mass is 420 g/mol. The summed E-state index contributed by atoms with van der Waals surface area (Å²) in [6, 6.07) is 5.27. The van der Waals surface area contributed by atoms with E-state index in [1.165, 1.54) is 12.1 Å². The van der Waals surface area contributed by atoms with Crippen LogP contribution in [0.4, 0.5) is 18.9 Å². The van der Waals surface area contributed by atoms with Crippen LogP contribution in [0.15, 0.2) is 36.8 Å². The molecule has 1 heterocycles. The van der Waals surface area contributed by atoms with E-state index in [1.54, 1.807) is 25.7 Å². The van der Waals surface area contributed by atoms with Gasteiger partial charge in [0.15, 0.2) is 0 Å². The Balaban J connectivity index is 1.60. The molecule has 3 rings (SSSR count). The van der Waals surface area contributed by atoms with Crippen LogP contribution >= 0.6 is 0 Å². The molecule has 6 nitrogen and oxygen atoms in total. The standard InChI is InChI=1S/C21H23F3N4O2/c1-29-8-9-30-7-6-28-14-26-13-20(28)15-2-4-17(10-15)27-18-5-3-16(12-25)19(11-18)21(22,23)24/h2-3,5,11,13-14,17,27H,4,6-10H2,1H3. The van der Waals surface area contributed by atoms with Crippen LogP contribution in [0.1, 0.15) is 29.7 Å². The number of imidazole rings is 1. The maximum Gasteiger partial charge on any atom is 0.417 e. The summed E-state index contributed by atoms with van der Waals surface area (Å²) in [5.41, 5.74) is 1.11. The van der Waals surface area contributed by atoms with Gasteiger partial charge in [0, 0.05) is 25.4 Å². The summed E-state index contributed by atoms with van der Waals surface area (Å²) in [5.74, 6) is 0. The van der Waals surface area contributed by atoms with Gasteiger partial charge in [0.1, 0.15) is 0 Å². The number of hydrogen-bond donors (Lipinski definition) is 1. The van der Waals surface area contributed by atoms with Crippen LogP contribution in [0.5, 0.6) is 0 Å². The minimum Gasteiger partial charge on any atom is -0.382 e. The van der Waals surface area contributed by atoms with E-state index >= 15 is 0 Å². The average Bonchev–Trinajstić information content (AvgIpc) is 3.36. The van der Waals surface area contributed by atoms with Crippen LogP contribution in [0.25, 0.3) is 5.57 Å². The third-order valence-electron chi connectivity index (χ3n) is 4.88. The van der Waals surface area contributed by atoms with Crippen molar-refractivity contribution in [3.8, 4) is 6.07 Å². The Bertz CT molecular complexity index is 931. The predicted octanol–water partition coefficient (Wildman–Crippen LogP) is 4.09. The number of alkyl halides is 3. The molecular weight excluding hydrogens is 397 g/mol. The van der Waals surface area contributed by atoms with E-state index in [4.69, 9.17) is 14.7 Å². The normalized spacial score (nSPS) is 16.4. The van der Waals surface area contributed by atoms with E-state index in [1.807, 2.05) is 4.57 Å². The largest absolute Gasteiger partial charge is 0.417 e. The number of ether oxygens (including phenoxy) is 2. The zero-order chi connectivity index (χ0) is 21.6. The lowest BCUT2D eigenvalue weighted by molar-refractivity contribution is -0.137. The Hall–Kier alpha value is -2.83. The number of benzene rings is 1. The molecule has 9 heteroatoms. The number of nitrogens with one attached hydrogen (secondary N) is 1. The van der Waals surface area contributed by atoms with Gasteiger partial charge in [0.25, 0.3) is 0 Å². The Kier molecular flexibility index (Phi) is 7.13. The summed E-state index contributed by atoms with van der Waals surface area (Å²) in [4.78, 5) is 4.21. The van der Waals surface area contributed by atoms with Crippen molar-refractivity contribution in [2.24, 2.45) is 0 Å². The van der Waals surface area contributed by atoms with E-state index in [0.717, 1.165) is 17.3 Å². The van der Waals surface area contributed by atoms with Crippen LogP contribution in [-0.4, -0.2) is 42.5 Å². The minimum atomic E-state index is -4.57. The molecule has 2 aromatic rings. The van der Waals surface area contributed by atoms with E-state index < -0.39 is 11.7 Å². The first-order chi connectivity index (χ1) is 14.4. The first-order valence-corrected chi connectivity index (χ1v) is 9.56. The number of nitriles is 1. The summed E-state index contributed by atoms with van der Waals surface area (Å²) in [5, 5.41) is 12.1. The first kappa shape index (κ1) is 21.9. The second kappa shape index (κ2) is 9.78. The molecular formula is C21H23F3N4O2. The molecule has 1 atom stereocenters. The molecule has 0 saturated carbocycles. The molecule has 0 spiro atoms. The fourth-order valence-corrected chi connectivity index (χ4v) is 3.41. The fourth-order valence-electron chi connectivity index (χ4n) is 3.41. The molecule has 0 aliphatic heterocycles. The highest BCUT2D eigenvalue weighted by Crippen LogP contribution is 2.35. The van der Waals surface area contributed by atoms with Gasteiger partial charge in [-0.3, -0.25) is 0 Å². The van der Waals surface area contributed by atoms with Gasteiger partial charge in [0.05, 0.1) is 55.2 Å². The Morgan fingerprint density at radius 1 is 1.30 bits per heavy atom. The van der Waals surface area contributed by atoms with Crippen molar-refractivity contribution in [2.45, 2.75) is 31.6 Å². The van der Waals surface area contributed by atoms with Gasteiger partial charge in [-0.15, -0.1) is 0 Å². The van der Waals surface area contributed by atoms with Crippen LogP contribution in [-0.2, 0) is 22.2 Å². The molecule has 0 saturated heterocycles. The lowest BCUT2D eigenvalue weighted by atomic mass is 10.1. The van der Waals surface area contributed by atoms with Gasteiger partial charge in [-0.25, -0.2) is 4.98 Å². The second-order valence-corrected chi connectivity index (χ2v) is 6.96. The number of nitrogens with zero attached hydrogens (tertiary/aromatic N) is 3. The van der Waals surface area contributed by atoms with Gasteiger partial charge in [-0.1, -0.05) is 6.08 Å². The van der Waals surface area contributed by atoms with Crippen molar-refractivity contribution in [3.63, 3.8) is 0 Å². The molecule has 0 bridgehead atoms. The van der Waals surface area contributed by atoms with Crippen LogP contribution < -0.4 is 5.32 Å². The molecule has 1 aliphatic rings. The van der Waals surface area contributed by atoms with E-state index in [-0.39, 0.29) is 11.6 Å². The molecule has 0 fully saturated rings. The summed E-state index contributed by atoms with van der Waals surface area (Å²) in [7, 11) is 1.62. The smallest absolute Gasteiger partial charge is 0.382 e. The second-order valence-electron chi connectivity index (χ2n) is 6.96. The number of methoxy groups -OCH3 is 1. The quantitative estimate of drug-likeness (QED) is 0.619. The fraction of sp³-hybridized carbons (Fsp3) is 0.429. The van der Waals surface area contributed by atoms with Gasteiger partial charge in [-0.05, 0) is 36.6 Å². The number of aromatic nitrogens is 2.